The van der Waals surface area contributed by atoms with E-state index in [-0.39, 0.29) is 5.09 Å². The molecule has 0 rings (SSSR count). The van der Waals surface area contributed by atoms with Crippen molar-refractivity contribution in [3.63, 3.8) is 0 Å². The summed E-state index contributed by atoms with van der Waals surface area (Å²) in [5.41, 5.74) is 0. The van der Waals surface area contributed by atoms with Gasteiger partial charge in [0.1, 0.15) is 0 Å². The zero-order valence-corrected chi connectivity index (χ0v) is 8.83. The van der Waals surface area contributed by atoms with Crippen LogP contribution < -0.4 is 0 Å². The molecule has 0 fully saturated rings. The number of hydrogen-bond donors (Lipinski definition) is 0. The highest BCUT2D eigenvalue weighted by molar-refractivity contribution is 8.06. The van der Waals surface area contributed by atoms with E-state index in [1.165, 1.54) is 0 Å². The molecule has 0 spiro atoms. The van der Waals surface area contributed by atoms with Gasteiger partial charge in [-0.1, -0.05) is 31.7 Å². The molecular formula is C9H14F2OS. The summed E-state index contributed by atoms with van der Waals surface area (Å²) in [5, 5.41) is 0.0387. The van der Waals surface area contributed by atoms with Crippen LogP contribution in [0.25, 0.3) is 0 Å². The third-order valence-corrected chi connectivity index (χ3v) is 2.57. The molecule has 0 aromatic heterocycles. The number of halogens is 2. The molecule has 0 aliphatic rings. The standard InChI is InChI=1S/C9H14F2OS/c1-5-8(6(2)3)13-7(4)12-9(10)11/h5-6,9H,4H2,1-3H3/b8-5-. The largest absolute Gasteiger partial charge is 0.429 e. The lowest BCUT2D eigenvalue weighted by atomic mass is 10.2. The van der Waals surface area contributed by atoms with Crippen molar-refractivity contribution in [2.45, 2.75) is 27.4 Å². The normalized spacial score (nSPS) is 12.4. The van der Waals surface area contributed by atoms with Crippen LogP contribution in [0.5, 0.6) is 0 Å². The Labute approximate surface area is 81.8 Å². The summed E-state index contributed by atoms with van der Waals surface area (Å²) in [6.07, 6.45) is 1.87. The van der Waals surface area contributed by atoms with Gasteiger partial charge in [-0.2, -0.15) is 8.78 Å². The van der Waals surface area contributed by atoms with Crippen molar-refractivity contribution < 1.29 is 13.5 Å². The van der Waals surface area contributed by atoms with E-state index in [0.29, 0.717) is 5.92 Å². The van der Waals surface area contributed by atoms with Gasteiger partial charge in [0.15, 0.2) is 5.09 Å². The first-order valence-corrected chi connectivity index (χ1v) is 4.76. The molecule has 4 heteroatoms. The highest BCUT2D eigenvalue weighted by atomic mass is 32.2. The Morgan fingerprint density at radius 2 is 2.00 bits per heavy atom. The minimum Gasteiger partial charge on any atom is -0.429 e. The fourth-order valence-corrected chi connectivity index (χ4v) is 1.50. The molecule has 0 bridgehead atoms. The molecule has 0 atom stereocenters. The maximum atomic E-state index is 11.7. The Balaban J connectivity index is 4.04. The van der Waals surface area contributed by atoms with Crippen LogP contribution in [0.1, 0.15) is 20.8 Å². The summed E-state index contributed by atoms with van der Waals surface area (Å²) in [5.74, 6) is 0.299. The second-order valence-corrected chi connectivity index (χ2v) is 3.83. The quantitative estimate of drug-likeness (QED) is 0.632. The van der Waals surface area contributed by atoms with E-state index in [2.05, 4.69) is 11.3 Å². The van der Waals surface area contributed by atoms with Crippen LogP contribution in [0.3, 0.4) is 0 Å². The summed E-state index contributed by atoms with van der Waals surface area (Å²) in [4.78, 5) is 0.977. The van der Waals surface area contributed by atoms with Crippen LogP contribution in [0.15, 0.2) is 22.7 Å². The number of allylic oxidation sites excluding steroid dienone is 2. The fourth-order valence-electron chi connectivity index (χ4n) is 0.765. The van der Waals surface area contributed by atoms with Crippen molar-refractivity contribution >= 4 is 11.8 Å². The zero-order valence-electron chi connectivity index (χ0n) is 8.01. The minimum atomic E-state index is -2.79. The molecule has 0 saturated heterocycles. The van der Waals surface area contributed by atoms with Gasteiger partial charge < -0.3 is 4.74 Å². The monoisotopic (exact) mass is 208 g/mol. The van der Waals surface area contributed by atoms with E-state index in [1.54, 1.807) is 0 Å². The van der Waals surface area contributed by atoms with Crippen molar-refractivity contribution in [2.75, 3.05) is 0 Å². The van der Waals surface area contributed by atoms with Gasteiger partial charge in [0.2, 0.25) is 0 Å². The first kappa shape index (κ1) is 12.5. The van der Waals surface area contributed by atoms with Gasteiger partial charge in [-0.15, -0.1) is 0 Å². The van der Waals surface area contributed by atoms with E-state index in [0.717, 1.165) is 16.7 Å². The van der Waals surface area contributed by atoms with Crippen molar-refractivity contribution in [3.05, 3.63) is 22.7 Å². The number of rotatable bonds is 5. The Morgan fingerprint density at radius 1 is 1.46 bits per heavy atom. The van der Waals surface area contributed by atoms with E-state index in [4.69, 9.17) is 0 Å². The number of alkyl halides is 2. The lowest BCUT2D eigenvalue weighted by molar-refractivity contribution is -0.0866. The molecule has 0 aliphatic carbocycles. The van der Waals surface area contributed by atoms with Crippen LogP contribution in [-0.2, 0) is 4.74 Å². The summed E-state index contributed by atoms with van der Waals surface area (Å²) in [7, 11) is 0. The highest BCUT2D eigenvalue weighted by Gasteiger charge is 2.09. The summed E-state index contributed by atoms with van der Waals surface area (Å²) in [6.45, 7) is 6.43. The van der Waals surface area contributed by atoms with Gasteiger partial charge in [0.05, 0.1) is 0 Å². The summed E-state index contributed by atoms with van der Waals surface area (Å²) in [6, 6.07) is 0. The second-order valence-electron chi connectivity index (χ2n) is 2.70. The molecule has 0 amide bonds. The third-order valence-electron chi connectivity index (χ3n) is 1.31. The topological polar surface area (TPSA) is 9.23 Å². The van der Waals surface area contributed by atoms with E-state index in [1.807, 2.05) is 26.8 Å². The maximum Gasteiger partial charge on any atom is 0.387 e. The number of thioether (sulfide) groups is 1. The van der Waals surface area contributed by atoms with Crippen LogP contribution >= 0.6 is 11.8 Å². The smallest absolute Gasteiger partial charge is 0.387 e. The van der Waals surface area contributed by atoms with Crippen molar-refractivity contribution in [3.8, 4) is 0 Å². The Morgan fingerprint density at radius 3 is 2.31 bits per heavy atom. The molecule has 0 aromatic carbocycles. The average molecular weight is 208 g/mol. The molecule has 0 saturated carbocycles. The molecule has 76 valence electrons. The van der Waals surface area contributed by atoms with Crippen LogP contribution in [0.4, 0.5) is 8.78 Å². The summed E-state index contributed by atoms with van der Waals surface area (Å²) < 4.78 is 27.6. The molecule has 0 radical (unpaired) electrons. The first-order chi connectivity index (χ1) is 5.97. The highest BCUT2D eigenvalue weighted by Crippen LogP contribution is 2.31. The lowest BCUT2D eigenvalue weighted by Gasteiger charge is -2.12. The van der Waals surface area contributed by atoms with Crippen molar-refractivity contribution in [2.24, 2.45) is 5.92 Å². The number of ether oxygens (including phenoxy) is 1. The second kappa shape index (κ2) is 6.02. The lowest BCUT2D eigenvalue weighted by Crippen LogP contribution is -1.97. The van der Waals surface area contributed by atoms with Gasteiger partial charge in [-0.05, 0) is 24.3 Å². The molecule has 1 nitrogen and oxygen atoms in total. The average Bonchev–Trinajstić information content (AvgIpc) is 1.98. The van der Waals surface area contributed by atoms with Crippen LogP contribution in [0, 0.1) is 5.92 Å². The molecule has 0 N–H and O–H groups in total. The first-order valence-electron chi connectivity index (χ1n) is 3.95. The predicted octanol–water partition coefficient (Wildman–Crippen LogP) is 3.99. The van der Waals surface area contributed by atoms with E-state index >= 15 is 0 Å². The van der Waals surface area contributed by atoms with Gasteiger partial charge >= 0.3 is 6.61 Å². The SMILES string of the molecule is C=C(OC(F)F)S/C(=C\C)C(C)C. The molecular weight excluding hydrogens is 194 g/mol. The van der Waals surface area contributed by atoms with E-state index in [9.17, 15) is 8.78 Å². The molecule has 0 aliphatic heterocycles. The van der Waals surface area contributed by atoms with Crippen molar-refractivity contribution in [1.82, 2.24) is 0 Å². The Bertz CT molecular complexity index is 200. The van der Waals surface area contributed by atoms with Gasteiger partial charge in [0.25, 0.3) is 0 Å². The van der Waals surface area contributed by atoms with E-state index < -0.39 is 6.61 Å². The fraction of sp³-hybridized carbons (Fsp3) is 0.556. The van der Waals surface area contributed by atoms with Crippen molar-refractivity contribution in [1.29, 1.82) is 0 Å². The maximum absolute atomic E-state index is 11.7. The Kier molecular flexibility index (Phi) is 5.79. The Hall–Kier alpha value is -0.510. The molecule has 13 heavy (non-hydrogen) atoms. The molecule has 0 aromatic rings. The van der Waals surface area contributed by atoms with Crippen LogP contribution in [-0.4, -0.2) is 6.61 Å². The number of hydrogen-bond acceptors (Lipinski definition) is 2. The van der Waals surface area contributed by atoms with Gasteiger partial charge in [-0.3, -0.25) is 0 Å². The predicted molar refractivity (Wildman–Crippen MR) is 52.4 cm³/mol. The minimum absolute atomic E-state index is 0.0387. The summed E-state index contributed by atoms with van der Waals surface area (Å²) >= 11 is 1.15. The zero-order chi connectivity index (χ0) is 10.4. The van der Waals surface area contributed by atoms with Crippen LogP contribution in [0.2, 0.25) is 0 Å². The third kappa shape index (κ3) is 5.69. The van der Waals surface area contributed by atoms with Gasteiger partial charge in [0, 0.05) is 0 Å². The molecule has 0 heterocycles. The molecule has 0 unspecified atom stereocenters. The van der Waals surface area contributed by atoms with Gasteiger partial charge in [-0.25, -0.2) is 0 Å².